The molecule has 3 N–H and O–H groups in total. The third-order valence-electron chi connectivity index (χ3n) is 6.52. The Bertz CT molecular complexity index is 1820. The number of phenolic OH excluding ortho intramolecular Hbond substituents is 1. The van der Waals surface area contributed by atoms with Crippen LogP contribution in [0, 0.1) is 5.82 Å². The van der Waals surface area contributed by atoms with Crippen molar-refractivity contribution in [3.8, 4) is 16.9 Å². The first-order chi connectivity index (χ1) is 17.9. The quantitative estimate of drug-likeness (QED) is 0.374. The van der Waals surface area contributed by atoms with E-state index in [0.717, 1.165) is 11.6 Å². The number of nitrogen functional groups attached to an aromatic ring is 1. The maximum atomic E-state index is 14.2. The van der Waals surface area contributed by atoms with Crippen LogP contribution in [0.15, 0.2) is 84.2 Å². The Morgan fingerprint density at radius 2 is 1.89 bits per heavy atom. The predicted octanol–water partition coefficient (Wildman–Crippen LogP) is 3.99. The van der Waals surface area contributed by atoms with E-state index in [4.69, 9.17) is 10.8 Å². The number of rotatable bonds is 5. The number of hydrogen-bond donors (Lipinski definition) is 2. The molecule has 0 amide bonds. The van der Waals surface area contributed by atoms with Gasteiger partial charge in [0.15, 0.2) is 5.82 Å². The van der Waals surface area contributed by atoms with Crippen molar-refractivity contribution >= 4 is 22.4 Å². The second kappa shape index (κ2) is 8.59. The normalized spacial score (nSPS) is 12.4. The zero-order valence-corrected chi connectivity index (χ0v) is 19.8. The summed E-state index contributed by atoms with van der Waals surface area (Å²) in [5, 5.41) is 15.3. The summed E-state index contributed by atoms with van der Waals surface area (Å²) in [5.74, 6) is -0.0905. The Morgan fingerprint density at radius 1 is 1.08 bits per heavy atom. The van der Waals surface area contributed by atoms with Crippen LogP contribution in [0.25, 0.3) is 27.7 Å². The van der Waals surface area contributed by atoms with E-state index in [1.165, 1.54) is 18.5 Å². The van der Waals surface area contributed by atoms with Gasteiger partial charge in [-0.05, 0) is 42.3 Å². The maximum absolute atomic E-state index is 14.2. The lowest BCUT2D eigenvalue weighted by Crippen LogP contribution is -2.31. The van der Waals surface area contributed by atoms with Crippen molar-refractivity contribution < 1.29 is 9.50 Å². The molecule has 0 aliphatic carbocycles. The SMILES string of the molecule is C[C@@H](c1ccccc1)n1c(Cn2cc(-c3cc(O)cc(F)c3)c3c(N)ncnc32)nn2cccc2c1=O. The van der Waals surface area contributed by atoms with E-state index in [1.807, 2.05) is 37.3 Å². The number of aromatic nitrogens is 6. The molecule has 0 aliphatic rings. The highest BCUT2D eigenvalue weighted by molar-refractivity contribution is 6.00. The van der Waals surface area contributed by atoms with Gasteiger partial charge in [-0.25, -0.2) is 18.9 Å². The van der Waals surface area contributed by atoms with Crippen molar-refractivity contribution in [3.05, 3.63) is 107 Å². The number of benzene rings is 2. The molecule has 6 rings (SSSR count). The number of halogens is 1. The molecule has 9 nitrogen and oxygen atoms in total. The molecule has 0 bridgehead atoms. The Morgan fingerprint density at radius 3 is 2.68 bits per heavy atom. The fourth-order valence-corrected chi connectivity index (χ4v) is 4.80. The van der Waals surface area contributed by atoms with Crippen LogP contribution in [0.2, 0.25) is 0 Å². The third-order valence-corrected chi connectivity index (χ3v) is 6.52. The second-order valence-electron chi connectivity index (χ2n) is 8.84. The zero-order valence-electron chi connectivity index (χ0n) is 19.8. The maximum Gasteiger partial charge on any atom is 0.278 e. The summed E-state index contributed by atoms with van der Waals surface area (Å²) in [6, 6.07) is 16.7. The summed E-state index contributed by atoms with van der Waals surface area (Å²) in [6.45, 7) is 2.13. The minimum atomic E-state index is -0.587. The minimum absolute atomic E-state index is 0.174. The molecular weight excluding hydrogens is 473 g/mol. The Labute approximate surface area is 209 Å². The number of fused-ring (bicyclic) bond motifs is 2. The van der Waals surface area contributed by atoms with Crippen LogP contribution in [0.3, 0.4) is 0 Å². The first kappa shape index (κ1) is 22.5. The molecule has 0 saturated heterocycles. The highest BCUT2D eigenvalue weighted by atomic mass is 19.1. The molecule has 0 spiro atoms. The van der Waals surface area contributed by atoms with Crippen molar-refractivity contribution in [1.82, 2.24) is 28.7 Å². The molecule has 0 radical (unpaired) electrons. The number of anilines is 1. The number of phenols is 1. The van der Waals surface area contributed by atoms with Crippen molar-refractivity contribution in [3.63, 3.8) is 0 Å². The van der Waals surface area contributed by atoms with Gasteiger partial charge in [-0.2, -0.15) is 5.10 Å². The van der Waals surface area contributed by atoms with Gasteiger partial charge in [0, 0.05) is 24.0 Å². The number of nitrogens with two attached hydrogens (primary N) is 1. The van der Waals surface area contributed by atoms with E-state index >= 15 is 0 Å². The first-order valence-corrected chi connectivity index (χ1v) is 11.6. The average molecular weight is 496 g/mol. The van der Waals surface area contributed by atoms with Crippen LogP contribution in [0.1, 0.15) is 24.4 Å². The van der Waals surface area contributed by atoms with Gasteiger partial charge in [0.1, 0.15) is 34.9 Å². The van der Waals surface area contributed by atoms with Gasteiger partial charge in [0.25, 0.3) is 5.56 Å². The predicted molar refractivity (Wildman–Crippen MR) is 138 cm³/mol. The lowest BCUT2D eigenvalue weighted by atomic mass is 10.1. The molecule has 0 unspecified atom stereocenters. The Balaban J connectivity index is 1.56. The average Bonchev–Trinajstić information content (AvgIpc) is 3.50. The molecule has 184 valence electrons. The monoisotopic (exact) mass is 495 g/mol. The summed E-state index contributed by atoms with van der Waals surface area (Å²) < 4.78 is 19.2. The standard InChI is InChI=1S/C27H22FN7O2/c1-16(17-6-3-2-4-7-17)35-23(32-34-9-5-8-22(34)27(35)37)14-33-13-21(18-10-19(28)12-20(36)11-18)24-25(29)30-15-31-26(24)33/h2-13,15-16,36H,14H2,1H3,(H2,29,30,31)/t16-/m0/s1. The Hall–Kier alpha value is -4.99. The molecule has 1 atom stereocenters. The molecule has 37 heavy (non-hydrogen) atoms. The lowest BCUT2D eigenvalue weighted by Gasteiger charge is -2.20. The molecule has 0 saturated carbocycles. The van der Waals surface area contributed by atoms with Gasteiger partial charge in [-0.1, -0.05) is 30.3 Å². The van der Waals surface area contributed by atoms with Crippen LogP contribution in [-0.4, -0.2) is 33.8 Å². The van der Waals surface area contributed by atoms with E-state index in [-0.39, 0.29) is 29.7 Å². The van der Waals surface area contributed by atoms with E-state index in [1.54, 1.807) is 38.2 Å². The topological polar surface area (TPSA) is 116 Å². The number of aromatic hydroxyl groups is 1. The highest BCUT2D eigenvalue weighted by Gasteiger charge is 2.21. The largest absolute Gasteiger partial charge is 0.508 e. The van der Waals surface area contributed by atoms with E-state index < -0.39 is 5.82 Å². The molecule has 2 aromatic carbocycles. The fraction of sp³-hybridized carbons (Fsp3) is 0.111. The van der Waals surface area contributed by atoms with Crippen molar-refractivity contribution in [2.75, 3.05) is 5.73 Å². The highest BCUT2D eigenvalue weighted by Crippen LogP contribution is 2.35. The van der Waals surface area contributed by atoms with Crippen LogP contribution in [0.4, 0.5) is 10.2 Å². The molecule has 4 heterocycles. The van der Waals surface area contributed by atoms with Gasteiger partial charge in [0.05, 0.1) is 18.0 Å². The minimum Gasteiger partial charge on any atom is -0.508 e. The molecule has 0 fully saturated rings. The summed E-state index contributed by atoms with van der Waals surface area (Å²) in [4.78, 5) is 22.2. The van der Waals surface area contributed by atoms with Gasteiger partial charge < -0.3 is 15.4 Å². The second-order valence-corrected chi connectivity index (χ2v) is 8.84. The number of nitrogens with zero attached hydrogens (tertiary/aromatic N) is 6. The fourth-order valence-electron chi connectivity index (χ4n) is 4.80. The number of hydrogen-bond acceptors (Lipinski definition) is 6. The van der Waals surface area contributed by atoms with Gasteiger partial charge >= 0.3 is 0 Å². The molecule has 6 aromatic rings. The van der Waals surface area contributed by atoms with E-state index in [9.17, 15) is 14.3 Å². The molecule has 0 aliphatic heterocycles. The Kier molecular flexibility index (Phi) is 5.22. The van der Waals surface area contributed by atoms with Crippen LogP contribution < -0.4 is 11.3 Å². The van der Waals surface area contributed by atoms with Crippen molar-refractivity contribution in [1.29, 1.82) is 0 Å². The first-order valence-electron chi connectivity index (χ1n) is 11.6. The summed E-state index contributed by atoms with van der Waals surface area (Å²) in [7, 11) is 0. The van der Waals surface area contributed by atoms with Crippen LogP contribution in [-0.2, 0) is 6.54 Å². The summed E-state index contributed by atoms with van der Waals surface area (Å²) in [5.41, 5.74) is 8.94. The van der Waals surface area contributed by atoms with Gasteiger partial charge in [0.2, 0.25) is 0 Å². The molecule has 4 aromatic heterocycles. The van der Waals surface area contributed by atoms with E-state index in [0.29, 0.717) is 33.5 Å². The van der Waals surface area contributed by atoms with Crippen LogP contribution in [0.5, 0.6) is 5.75 Å². The molecule has 10 heteroatoms. The molecular formula is C27H22FN7O2. The summed E-state index contributed by atoms with van der Waals surface area (Å²) in [6.07, 6.45) is 4.84. The van der Waals surface area contributed by atoms with Crippen LogP contribution >= 0.6 is 0 Å². The smallest absolute Gasteiger partial charge is 0.278 e. The zero-order chi connectivity index (χ0) is 25.7. The third kappa shape index (κ3) is 3.79. The lowest BCUT2D eigenvalue weighted by molar-refractivity contribution is 0.469. The van der Waals surface area contributed by atoms with E-state index in [2.05, 4.69) is 9.97 Å². The van der Waals surface area contributed by atoms with Gasteiger partial charge in [-0.15, -0.1) is 0 Å². The van der Waals surface area contributed by atoms with Crippen molar-refractivity contribution in [2.45, 2.75) is 19.5 Å². The van der Waals surface area contributed by atoms with Gasteiger partial charge in [-0.3, -0.25) is 9.36 Å². The van der Waals surface area contributed by atoms with Crippen molar-refractivity contribution in [2.24, 2.45) is 0 Å². The summed E-state index contributed by atoms with van der Waals surface area (Å²) >= 11 is 0.